The van der Waals surface area contributed by atoms with Crippen molar-refractivity contribution in [1.82, 2.24) is 30.4 Å². The van der Waals surface area contributed by atoms with Gasteiger partial charge < -0.3 is 34.9 Å². The van der Waals surface area contributed by atoms with Gasteiger partial charge in [-0.3, -0.25) is 14.6 Å². The molecule has 3 aromatic rings. The Balaban J connectivity index is 1.05. The third-order valence-electron chi connectivity index (χ3n) is 13.8. The van der Waals surface area contributed by atoms with Crippen LogP contribution in [0.5, 0.6) is 0 Å². The van der Waals surface area contributed by atoms with E-state index in [9.17, 15) is 28.0 Å². The lowest BCUT2D eigenvalue weighted by Crippen LogP contribution is -2.53. The molecule has 1 aromatic heterocycles. The molecule has 2 aromatic carbocycles. The van der Waals surface area contributed by atoms with Gasteiger partial charge in [0, 0.05) is 18.4 Å². The van der Waals surface area contributed by atoms with Crippen LogP contribution in [-0.2, 0) is 31.9 Å². The number of halogens is 4. The topological polar surface area (TPSA) is 171 Å². The minimum Gasteiger partial charge on any atom is -0.453 e. The van der Waals surface area contributed by atoms with Crippen molar-refractivity contribution in [3.8, 4) is 22.4 Å². The molecule has 2 saturated heterocycles. The van der Waals surface area contributed by atoms with E-state index in [4.69, 9.17) is 9.73 Å². The molecule has 65 heavy (non-hydrogen) atoms. The van der Waals surface area contributed by atoms with Crippen molar-refractivity contribution in [2.45, 2.75) is 115 Å². The van der Waals surface area contributed by atoms with Gasteiger partial charge in [0.1, 0.15) is 23.7 Å². The highest BCUT2D eigenvalue weighted by atomic mass is 19.3. The lowest BCUT2D eigenvalue weighted by molar-refractivity contribution is -0.137. The van der Waals surface area contributed by atoms with Crippen LogP contribution in [0, 0.1) is 17.3 Å². The Hall–Kier alpha value is -5.81. The van der Waals surface area contributed by atoms with Gasteiger partial charge in [0.05, 0.1) is 63.5 Å². The average molecular weight is 905 g/mol. The fourth-order valence-corrected chi connectivity index (χ4v) is 10.4. The maximum absolute atomic E-state index is 15.1. The van der Waals surface area contributed by atoms with Crippen molar-refractivity contribution in [3.63, 3.8) is 0 Å². The second-order valence-electron chi connectivity index (χ2n) is 19.0. The second-order valence-corrected chi connectivity index (χ2v) is 19.0. The third kappa shape index (κ3) is 9.09. The number of imidazole rings is 1. The number of benzene rings is 2. The molecule has 348 valence electrons. The Bertz CT molecular complexity index is 2410. The van der Waals surface area contributed by atoms with E-state index in [1.54, 1.807) is 33.9 Å². The highest BCUT2D eigenvalue weighted by molar-refractivity contribution is 6.14. The van der Waals surface area contributed by atoms with Crippen LogP contribution >= 0.6 is 0 Å². The Labute approximate surface area is 375 Å². The molecule has 1 spiro atoms. The van der Waals surface area contributed by atoms with Crippen LogP contribution in [0.3, 0.4) is 0 Å². The van der Waals surface area contributed by atoms with Gasteiger partial charge in [-0.25, -0.2) is 37.1 Å². The van der Waals surface area contributed by atoms with Crippen LogP contribution in [0.15, 0.2) is 52.6 Å². The third-order valence-corrected chi connectivity index (χ3v) is 13.8. The number of nitrogens with zero attached hydrogens (tertiary/aromatic N) is 5. The Morgan fingerprint density at radius 2 is 1.25 bits per heavy atom. The number of H-pyrrole nitrogens is 1. The summed E-state index contributed by atoms with van der Waals surface area (Å²) in [6, 6.07) is 7.73. The molecule has 0 bridgehead atoms. The summed E-state index contributed by atoms with van der Waals surface area (Å²) in [5.41, 5.74) is 7.47. The number of likely N-dealkylation sites (tertiary alicyclic amines) is 2. The zero-order chi connectivity index (χ0) is 46.6. The van der Waals surface area contributed by atoms with Crippen molar-refractivity contribution in [1.29, 1.82) is 0 Å². The average Bonchev–Trinajstić information content (AvgIpc) is 4.14. The van der Waals surface area contributed by atoms with Crippen LogP contribution in [-0.4, -0.2) is 119 Å². The van der Waals surface area contributed by atoms with E-state index in [2.05, 4.69) is 36.4 Å². The first-order valence-corrected chi connectivity index (χ1v) is 22.3. The first-order valence-electron chi connectivity index (χ1n) is 22.3. The quantitative estimate of drug-likeness (QED) is 0.167. The molecule has 3 fully saturated rings. The van der Waals surface area contributed by atoms with Crippen LogP contribution in [0.1, 0.15) is 94.8 Å². The normalized spacial score (nSPS) is 22.5. The molecule has 4 atom stereocenters. The number of methoxy groups -OCH3 is 2. The first kappa shape index (κ1) is 45.7. The molecule has 4 amide bonds. The van der Waals surface area contributed by atoms with E-state index in [0.717, 1.165) is 70.6 Å². The lowest BCUT2D eigenvalue weighted by Gasteiger charge is -2.29. The van der Waals surface area contributed by atoms with Gasteiger partial charge in [0.2, 0.25) is 11.8 Å². The summed E-state index contributed by atoms with van der Waals surface area (Å²) in [4.78, 5) is 70.8. The lowest BCUT2D eigenvalue weighted by atomic mass is 9.82. The summed E-state index contributed by atoms with van der Waals surface area (Å²) in [7, 11) is 2.34. The monoisotopic (exact) mass is 904 g/mol. The van der Waals surface area contributed by atoms with Crippen molar-refractivity contribution >= 4 is 35.5 Å². The van der Waals surface area contributed by atoms with Crippen LogP contribution in [0.4, 0.5) is 27.2 Å². The first-order chi connectivity index (χ1) is 30.8. The molecule has 1 saturated carbocycles. The summed E-state index contributed by atoms with van der Waals surface area (Å²) < 4.78 is 69.5. The molecular formula is C47H56F4N8O6. The van der Waals surface area contributed by atoms with E-state index < -0.39 is 97.8 Å². The molecule has 0 unspecified atom stereocenters. The fraction of sp³-hybridized carbons (Fsp3) is 0.553. The number of alkyl carbamates (subject to hydrolysis) is 2. The van der Waals surface area contributed by atoms with Crippen LogP contribution < -0.4 is 10.6 Å². The molecule has 18 heteroatoms. The maximum atomic E-state index is 15.1. The number of aromatic nitrogens is 2. The van der Waals surface area contributed by atoms with E-state index in [1.807, 2.05) is 30.3 Å². The molecule has 2 aliphatic carbocycles. The van der Waals surface area contributed by atoms with E-state index in [0.29, 0.717) is 11.4 Å². The van der Waals surface area contributed by atoms with E-state index in [1.165, 1.54) is 25.3 Å². The van der Waals surface area contributed by atoms with E-state index in [-0.39, 0.29) is 23.6 Å². The van der Waals surface area contributed by atoms with Gasteiger partial charge in [-0.15, -0.1) is 0 Å². The van der Waals surface area contributed by atoms with Gasteiger partial charge >= 0.3 is 12.2 Å². The minimum absolute atomic E-state index is 0.106. The van der Waals surface area contributed by atoms with Crippen LogP contribution in [0.2, 0.25) is 0 Å². The number of ether oxygens (including phenoxy) is 2. The predicted octanol–water partition coefficient (Wildman–Crippen LogP) is 7.51. The molecular weight excluding hydrogens is 849 g/mol. The fourth-order valence-electron chi connectivity index (χ4n) is 10.4. The number of aliphatic imine (C=N–C) groups is 2. The smallest absolute Gasteiger partial charge is 0.407 e. The highest BCUT2D eigenvalue weighted by Gasteiger charge is 2.52. The number of carbonyl (C=O) groups is 4. The van der Waals surface area contributed by atoms with Crippen LogP contribution in [0.25, 0.3) is 22.4 Å². The maximum Gasteiger partial charge on any atom is 0.407 e. The molecule has 14 nitrogen and oxygen atoms in total. The number of nitrogens with one attached hydrogen (secondary N) is 3. The number of rotatable bonds is 11. The molecule has 4 heterocycles. The number of amides is 4. The standard InChI is InChI=1S/C47H56F4N8O6/c1-25(2)37(56-43(62)64-5)41(60)58-23-46(48,49)19-35(58)39-52-21-33(54-39)28-11-9-27(10-12-28)29-13-14-30(32-18-45(17-31(29)32)15-7-8-16-45)34-22-53-40(55-34)36-20-47(50,51)24-59(36)42(61)38(26(3)4)57-44(63)65-6/h9-14,22,25-26,35-38H,7-8,15-21,23-24H2,1-6H3,(H,53,55)(H,56,62)(H,57,63)/t35-,36-,37-,38-/m0/s1. The summed E-state index contributed by atoms with van der Waals surface area (Å²) in [6.07, 6.45) is 4.94. The number of hydrogen-bond acceptors (Lipinski definition) is 9. The predicted molar refractivity (Wildman–Crippen MR) is 234 cm³/mol. The van der Waals surface area contributed by atoms with Crippen molar-refractivity contribution < 1.29 is 46.2 Å². The van der Waals surface area contributed by atoms with E-state index >= 15 is 8.78 Å². The van der Waals surface area contributed by atoms with Gasteiger partial charge in [-0.2, -0.15) is 0 Å². The van der Waals surface area contributed by atoms with Gasteiger partial charge in [-0.05, 0) is 70.8 Å². The molecule has 5 aliphatic rings. The zero-order valence-corrected chi connectivity index (χ0v) is 37.5. The number of fused-ring (bicyclic) bond motifs is 1. The largest absolute Gasteiger partial charge is 0.453 e. The summed E-state index contributed by atoms with van der Waals surface area (Å²) in [6.45, 7) is 5.39. The Kier molecular flexibility index (Phi) is 12.3. The summed E-state index contributed by atoms with van der Waals surface area (Å²) >= 11 is 0. The zero-order valence-electron chi connectivity index (χ0n) is 37.5. The van der Waals surface area contributed by atoms with Crippen molar-refractivity contribution in [2.75, 3.05) is 33.9 Å². The molecule has 0 radical (unpaired) electrons. The van der Waals surface area contributed by atoms with Gasteiger partial charge in [0.15, 0.2) is 0 Å². The molecule has 8 rings (SSSR count). The van der Waals surface area contributed by atoms with Gasteiger partial charge in [0.25, 0.3) is 11.8 Å². The van der Waals surface area contributed by atoms with Gasteiger partial charge in [-0.1, -0.05) is 76.9 Å². The molecule has 3 N–H and O–H groups in total. The minimum atomic E-state index is -3.17. The number of alkyl halides is 4. The Morgan fingerprint density at radius 1 is 0.738 bits per heavy atom. The number of carbonyl (C=O) groups excluding carboxylic acids is 4. The SMILES string of the molecule is COC(=O)N[C@H](C(=O)N1CC(F)(F)C[C@H]1C1=NCC(c2ccc(-c3ccc(-c4cnc([C@@H]5CC(F)(F)CN5C(=O)[C@@H](NC(=O)OC)C(C)C)[nH]4)c4c3CC3(CCCC3)C4)cc2)=N1)C(C)C. The summed E-state index contributed by atoms with van der Waals surface area (Å²) in [5, 5.41) is 4.99. The Morgan fingerprint density at radius 3 is 1.80 bits per heavy atom. The summed E-state index contributed by atoms with van der Waals surface area (Å²) in [5.74, 6) is -8.03. The highest BCUT2D eigenvalue weighted by Crippen LogP contribution is 2.53. The van der Waals surface area contributed by atoms with Crippen molar-refractivity contribution in [3.05, 3.63) is 65.1 Å². The number of aromatic amines is 1. The van der Waals surface area contributed by atoms with Crippen molar-refractivity contribution in [2.24, 2.45) is 27.2 Å². The number of amidine groups is 1. The number of hydrogen-bond donors (Lipinski definition) is 3. The second kappa shape index (κ2) is 17.5. The molecule has 3 aliphatic heterocycles.